The molecule has 0 fully saturated rings. The number of benzene rings is 3. The van der Waals surface area contributed by atoms with E-state index in [1.54, 1.807) is 0 Å². The number of aliphatic hydroxyl groups excluding tert-OH is 1. The van der Waals surface area contributed by atoms with E-state index in [1.807, 2.05) is 91.8 Å². The largest absolute Gasteiger partial charge is 0.512 e. The van der Waals surface area contributed by atoms with Crippen molar-refractivity contribution in [3.63, 3.8) is 0 Å². The van der Waals surface area contributed by atoms with Gasteiger partial charge in [-0.2, -0.15) is 0 Å². The van der Waals surface area contributed by atoms with Crippen molar-refractivity contribution in [3.05, 3.63) is 89.6 Å². The normalized spacial score (nSPS) is 12.1. The van der Waals surface area contributed by atoms with Crippen LogP contribution in [0.25, 0.3) is 32.8 Å². The Morgan fingerprint density at radius 3 is 2.19 bits per heavy atom. The Kier molecular flexibility index (Phi) is 9.57. The molecule has 0 aliphatic carbocycles. The quantitative estimate of drug-likeness (QED) is 0.100. The van der Waals surface area contributed by atoms with Crippen molar-refractivity contribution in [1.29, 1.82) is 0 Å². The molecule has 4 rings (SSSR count). The van der Waals surface area contributed by atoms with Gasteiger partial charge in [0, 0.05) is 42.4 Å². The Hall–Kier alpha value is -2.88. The van der Waals surface area contributed by atoms with Crippen molar-refractivity contribution in [2.24, 2.45) is 10.8 Å². The number of pyridine rings is 1. The van der Waals surface area contributed by atoms with Crippen molar-refractivity contribution >= 4 is 27.3 Å². The molecule has 1 N–H and O–H groups in total. The summed E-state index contributed by atoms with van der Waals surface area (Å²) in [6, 6.07) is 19.3. The van der Waals surface area contributed by atoms with Gasteiger partial charge in [0.25, 0.3) is 0 Å². The molecule has 0 atom stereocenters. The van der Waals surface area contributed by atoms with Gasteiger partial charge in [-0.1, -0.05) is 91.8 Å². The summed E-state index contributed by atoms with van der Waals surface area (Å²) in [6.45, 7) is 15.2. The maximum atomic E-state index is 14.3. The molecule has 0 bridgehead atoms. The molecule has 5 heteroatoms. The Balaban J connectivity index is 0.000000299. The van der Waals surface area contributed by atoms with Crippen LogP contribution in [0, 0.1) is 36.6 Å². The molecule has 1 aromatic heterocycles. The zero-order valence-electron chi connectivity index (χ0n) is 22.8. The summed E-state index contributed by atoms with van der Waals surface area (Å²) < 4.78 is 14.3. The Morgan fingerprint density at radius 1 is 0.946 bits per heavy atom. The van der Waals surface area contributed by atoms with Crippen LogP contribution in [0.3, 0.4) is 0 Å². The van der Waals surface area contributed by atoms with Gasteiger partial charge in [0.05, 0.1) is 6.20 Å². The van der Waals surface area contributed by atoms with E-state index in [2.05, 4.69) is 23.2 Å². The molecule has 0 unspecified atom stereocenters. The van der Waals surface area contributed by atoms with Gasteiger partial charge in [-0.25, -0.2) is 4.39 Å². The van der Waals surface area contributed by atoms with Gasteiger partial charge < -0.3 is 10.1 Å². The zero-order chi connectivity index (χ0) is 26.8. The molecule has 0 amide bonds. The second-order valence-electron chi connectivity index (χ2n) is 11.3. The van der Waals surface area contributed by atoms with Crippen molar-refractivity contribution in [2.75, 3.05) is 0 Å². The van der Waals surface area contributed by atoms with E-state index in [4.69, 9.17) is 0 Å². The molecule has 197 valence electrons. The molecule has 1 heterocycles. The van der Waals surface area contributed by atoms with Crippen LogP contribution in [0.5, 0.6) is 0 Å². The van der Waals surface area contributed by atoms with Gasteiger partial charge in [-0.3, -0.25) is 4.79 Å². The monoisotopic (exact) mass is 677 g/mol. The average Bonchev–Trinajstić information content (AvgIpc) is 2.77. The number of carbonyl (C=O) groups is 1. The molecule has 1 radical (unpaired) electrons. The number of fused-ring (bicyclic) bond motifs is 3. The van der Waals surface area contributed by atoms with Gasteiger partial charge in [-0.05, 0) is 21.9 Å². The zero-order valence-corrected chi connectivity index (χ0v) is 25.2. The van der Waals surface area contributed by atoms with Gasteiger partial charge >= 0.3 is 0 Å². The smallest absolute Gasteiger partial charge is 0.164 e. The van der Waals surface area contributed by atoms with E-state index in [0.717, 1.165) is 38.5 Å². The number of halogens is 1. The maximum absolute atomic E-state index is 14.3. The topological polar surface area (TPSA) is 50.2 Å². The molecule has 0 saturated heterocycles. The minimum absolute atomic E-state index is 0. The molecule has 37 heavy (non-hydrogen) atoms. The molecular weight excluding hydrogens is 642 g/mol. The second-order valence-corrected chi connectivity index (χ2v) is 11.3. The van der Waals surface area contributed by atoms with Crippen LogP contribution in [0.1, 0.15) is 52.7 Å². The number of hydrogen-bond donors (Lipinski definition) is 1. The predicted octanol–water partition coefficient (Wildman–Crippen LogP) is 8.70. The van der Waals surface area contributed by atoms with E-state index in [0.29, 0.717) is 5.39 Å². The molecule has 3 aromatic carbocycles. The van der Waals surface area contributed by atoms with Gasteiger partial charge in [0.15, 0.2) is 5.78 Å². The molecule has 0 spiro atoms. The maximum Gasteiger partial charge on any atom is 0.164 e. The van der Waals surface area contributed by atoms with Crippen LogP contribution < -0.4 is 0 Å². The summed E-state index contributed by atoms with van der Waals surface area (Å²) >= 11 is 0. The number of ketones is 1. The van der Waals surface area contributed by atoms with E-state index >= 15 is 0 Å². The van der Waals surface area contributed by atoms with E-state index in [-0.39, 0.29) is 42.9 Å². The first-order chi connectivity index (χ1) is 16.7. The third-order valence-electron chi connectivity index (χ3n) is 5.91. The fourth-order valence-corrected chi connectivity index (χ4v) is 3.77. The molecule has 0 aliphatic heterocycles. The van der Waals surface area contributed by atoms with Gasteiger partial charge in [-0.15, -0.1) is 34.9 Å². The Morgan fingerprint density at radius 2 is 1.59 bits per heavy atom. The number of hydrogen-bond acceptors (Lipinski definition) is 3. The Labute approximate surface area is 233 Å². The third-order valence-corrected chi connectivity index (χ3v) is 5.91. The van der Waals surface area contributed by atoms with Gasteiger partial charge in [0.2, 0.25) is 0 Å². The van der Waals surface area contributed by atoms with Crippen LogP contribution in [0.4, 0.5) is 4.39 Å². The number of allylic oxidation sites excluding steroid dienone is 2. The van der Waals surface area contributed by atoms with E-state index < -0.39 is 5.41 Å². The number of nitrogens with zero attached hydrogens (tertiary/aromatic N) is 1. The number of aryl methyl sites for hydroxylation is 2. The first-order valence-electron chi connectivity index (χ1n) is 12.1. The van der Waals surface area contributed by atoms with Crippen molar-refractivity contribution in [1.82, 2.24) is 4.98 Å². The fraction of sp³-hybridized carbons (Fsp3) is 0.312. The van der Waals surface area contributed by atoms with Crippen LogP contribution in [0.15, 0.2) is 66.6 Å². The number of aliphatic hydroxyl groups is 1. The number of carbonyl (C=O) groups excluding carboxylic acids is 1. The van der Waals surface area contributed by atoms with Crippen molar-refractivity contribution < 1.29 is 34.4 Å². The van der Waals surface area contributed by atoms with Crippen LogP contribution >= 0.6 is 0 Å². The third kappa shape index (κ3) is 7.34. The van der Waals surface area contributed by atoms with Crippen LogP contribution in [-0.2, 0) is 24.9 Å². The minimum atomic E-state index is -0.417. The van der Waals surface area contributed by atoms with Crippen molar-refractivity contribution in [3.8, 4) is 11.3 Å². The minimum Gasteiger partial charge on any atom is -0.512 e. The first kappa shape index (κ1) is 30.3. The van der Waals surface area contributed by atoms with Crippen LogP contribution in [0.2, 0.25) is 0 Å². The van der Waals surface area contributed by atoms with E-state index in [1.165, 1.54) is 12.3 Å². The molecular formula is C32H35FIrNO2-. The number of rotatable bonds is 2. The average molecular weight is 677 g/mol. The second kappa shape index (κ2) is 11.7. The van der Waals surface area contributed by atoms with Crippen LogP contribution in [-0.4, -0.2) is 15.9 Å². The summed E-state index contributed by atoms with van der Waals surface area (Å²) in [5.41, 5.74) is 3.13. The summed E-state index contributed by atoms with van der Waals surface area (Å²) in [4.78, 5) is 15.9. The SMILES string of the molecule is CC(C)(C)C(=O)/C=C(\O)C(C)(C)C.Cc1[c-]c(-c2ncc(F)c3ccc4ccccc4c23)cc(C)c1.[Ir]. The molecule has 3 nitrogen and oxygen atoms in total. The van der Waals surface area contributed by atoms with Gasteiger partial charge in [0.1, 0.15) is 11.6 Å². The summed E-state index contributed by atoms with van der Waals surface area (Å²) in [7, 11) is 0. The summed E-state index contributed by atoms with van der Waals surface area (Å²) in [5.74, 6) is -0.189. The predicted molar refractivity (Wildman–Crippen MR) is 148 cm³/mol. The fourth-order valence-electron chi connectivity index (χ4n) is 3.77. The summed E-state index contributed by atoms with van der Waals surface area (Å²) in [5, 5.41) is 13.1. The van der Waals surface area contributed by atoms with Crippen molar-refractivity contribution in [2.45, 2.75) is 55.4 Å². The molecule has 0 saturated carbocycles. The first-order valence-corrected chi connectivity index (χ1v) is 12.1. The summed E-state index contributed by atoms with van der Waals surface area (Å²) in [6.07, 6.45) is 2.64. The van der Waals surface area contributed by atoms with E-state index in [9.17, 15) is 14.3 Å². The molecule has 4 aromatic rings. The molecule has 0 aliphatic rings. The standard InChI is InChI=1S/C21H15FN.C11H20O2.Ir/c1-13-9-14(2)11-16(10-13)21-20-17-6-4-3-5-15(17)7-8-18(20)19(22)12-23-21;1-10(2,3)8(12)7-9(13)11(4,5)6;/h3-10,12H,1-2H3;7,12H,1-6H3;/q-1;;/b;8-7-;. The Bertz CT molecular complexity index is 1440. The number of aromatic nitrogens is 1.